The van der Waals surface area contributed by atoms with Gasteiger partial charge in [-0.05, 0) is 49.4 Å². The highest BCUT2D eigenvalue weighted by molar-refractivity contribution is 6.03. The van der Waals surface area contributed by atoms with Gasteiger partial charge in [0.05, 0.1) is 19.4 Å². The predicted octanol–water partition coefficient (Wildman–Crippen LogP) is 3.74. The van der Waals surface area contributed by atoms with Crippen LogP contribution in [0.4, 0.5) is 5.69 Å². The van der Waals surface area contributed by atoms with E-state index in [4.69, 9.17) is 9.47 Å². The summed E-state index contributed by atoms with van der Waals surface area (Å²) in [6.07, 6.45) is 0. The summed E-state index contributed by atoms with van der Waals surface area (Å²) in [6.45, 7) is 2.56. The molecule has 6 nitrogen and oxygen atoms in total. The summed E-state index contributed by atoms with van der Waals surface area (Å²) in [5, 5.41) is 9.79. The standard InChI is InChI=1S/C19H19N3O3/c1-3-25-15-9-7-13(8-10-15)17-12-18(22-21-17)19(23)20-14-5-4-6-16(11-14)24-2/h4-12H,3H2,1-2H3,(H,20,23)(H,21,22). The smallest absolute Gasteiger partial charge is 0.273 e. The normalized spacial score (nSPS) is 10.3. The van der Waals surface area contributed by atoms with Crippen LogP contribution in [-0.4, -0.2) is 29.8 Å². The Bertz CT molecular complexity index is 856. The topological polar surface area (TPSA) is 76.2 Å². The van der Waals surface area contributed by atoms with Gasteiger partial charge >= 0.3 is 0 Å². The lowest BCUT2D eigenvalue weighted by Gasteiger charge is -2.05. The maximum atomic E-state index is 12.4. The third kappa shape index (κ3) is 3.98. The summed E-state index contributed by atoms with van der Waals surface area (Å²) in [5.74, 6) is 1.22. The highest BCUT2D eigenvalue weighted by Crippen LogP contribution is 2.22. The average molecular weight is 337 g/mol. The number of hydrogen-bond acceptors (Lipinski definition) is 4. The molecule has 0 aliphatic carbocycles. The molecule has 0 radical (unpaired) electrons. The summed E-state index contributed by atoms with van der Waals surface area (Å²) in [4.78, 5) is 12.4. The zero-order chi connectivity index (χ0) is 17.6. The molecule has 0 unspecified atom stereocenters. The maximum Gasteiger partial charge on any atom is 0.273 e. The molecular weight excluding hydrogens is 318 g/mol. The fourth-order valence-electron chi connectivity index (χ4n) is 2.37. The zero-order valence-electron chi connectivity index (χ0n) is 14.1. The molecule has 1 aromatic heterocycles. The molecule has 0 bridgehead atoms. The minimum Gasteiger partial charge on any atom is -0.497 e. The van der Waals surface area contributed by atoms with Crippen LogP contribution in [0.2, 0.25) is 0 Å². The lowest BCUT2D eigenvalue weighted by atomic mass is 10.1. The van der Waals surface area contributed by atoms with Gasteiger partial charge in [-0.3, -0.25) is 9.89 Å². The molecule has 2 aromatic carbocycles. The number of H-pyrrole nitrogens is 1. The number of carbonyl (C=O) groups excluding carboxylic acids is 1. The van der Waals surface area contributed by atoms with Crippen molar-refractivity contribution in [1.82, 2.24) is 10.2 Å². The van der Waals surface area contributed by atoms with Gasteiger partial charge in [0.2, 0.25) is 0 Å². The number of benzene rings is 2. The molecule has 6 heteroatoms. The summed E-state index contributed by atoms with van der Waals surface area (Å²) in [7, 11) is 1.58. The molecule has 128 valence electrons. The number of amides is 1. The largest absolute Gasteiger partial charge is 0.497 e. The third-order valence-corrected chi connectivity index (χ3v) is 3.61. The van der Waals surface area contributed by atoms with Crippen molar-refractivity contribution >= 4 is 11.6 Å². The summed E-state index contributed by atoms with van der Waals surface area (Å²) in [5.41, 5.74) is 2.63. The van der Waals surface area contributed by atoms with E-state index in [1.165, 1.54) is 0 Å². The van der Waals surface area contributed by atoms with Crippen LogP contribution < -0.4 is 14.8 Å². The molecule has 1 amide bonds. The molecule has 0 atom stereocenters. The molecule has 1 heterocycles. The van der Waals surface area contributed by atoms with Crippen molar-refractivity contribution in [2.75, 3.05) is 19.0 Å². The van der Waals surface area contributed by atoms with E-state index >= 15 is 0 Å². The minimum atomic E-state index is -0.266. The van der Waals surface area contributed by atoms with E-state index < -0.39 is 0 Å². The van der Waals surface area contributed by atoms with E-state index in [9.17, 15) is 4.79 Å². The maximum absolute atomic E-state index is 12.4. The number of ether oxygens (including phenoxy) is 2. The van der Waals surface area contributed by atoms with Crippen molar-refractivity contribution in [2.24, 2.45) is 0 Å². The number of hydrogen-bond donors (Lipinski definition) is 2. The van der Waals surface area contributed by atoms with Gasteiger partial charge in [-0.2, -0.15) is 5.10 Å². The number of anilines is 1. The van der Waals surface area contributed by atoms with Crippen molar-refractivity contribution < 1.29 is 14.3 Å². The highest BCUT2D eigenvalue weighted by Gasteiger charge is 2.12. The van der Waals surface area contributed by atoms with E-state index in [2.05, 4.69) is 15.5 Å². The second-order valence-corrected chi connectivity index (χ2v) is 5.31. The fourth-order valence-corrected chi connectivity index (χ4v) is 2.37. The van der Waals surface area contributed by atoms with Gasteiger partial charge < -0.3 is 14.8 Å². The van der Waals surface area contributed by atoms with Gasteiger partial charge in [-0.25, -0.2) is 0 Å². The van der Waals surface area contributed by atoms with E-state index in [0.717, 1.165) is 11.3 Å². The molecule has 0 saturated carbocycles. The quantitative estimate of drug-likeness (QED) is 0.718. The highest BCUT2D eigenvalue weighted by atomic mass is 16.5. The lowest BCUT2D eigenvalue weighted by Crippen LogP contribution is -2.12. The van der Waals surface area contributed by atoms with Crippen molar-refractivity contribution in [3.05, 3.63) is 60.3 Å². The second kappa shape index (κ2) is 7.53. The fraction of sp³-hybridized carbons (Fsp3) is 0.158. The monoisotopic (exact) mass is 337 g/mol. The van der Waals surface area contributed by atoms with Crippen LogP contribution in [0.5, 0.6) is 11.5 Å². The first kappa shape index (κ1) is 16.6. The van der Waals surface area contributed by atoms with E-state index in [1.807, 2.05) is 43.3 Å². The van der Waals surface area contributed by atoms with Crippen molar-refractivity contribution in [3.63, 3.8) is 0 Å². The number of aromatic amines is 1. The average Bonchev–Trinajstić information content (AvgIpc) is 3.13. The molecule has 0 fully saturated rings. The predicted molar refractivity (Wildman–Crippen MR) is 96.1 cm³/mol. The first-order valence-corrected chi connectivity index (χ1v) is 7.93. The summed E-state index contributed by atoms with van der Waals surface area (Å²) >= 11 is 0. The summed E-state index contributed by atoms with van der Waals surface area (Å²) < 4.78 is 10.6. The van der Waals surface area contributed by atoms with E-state index in [0.29, 0.717) is 29.4 Å². The van der Waals surface area contributed by atoms with Crippen molar-refractivity contribution in [2.45, 2.75) is 6.92 Å². The SMILES string of the molecule is CCOc1ccc(-c2cc(C(=O)Nc3cccc(OC)c3)[nH]n2)cc1. The van der Waals surface area contributed by atoms with Crippen LogP contribution in [0.15, 0.2) is 54.6 Å². The number of nitrogens with one attached hydrogen (secondary N) is 2. The Balaban J connectivity index is 1.72. The zero-order valence-corrected chi connectivity index (χ0v) is 14.1. The Morgan fingerprint density at radius 1 is 1.12 bits per heavy atom. The van der Waals surface area contributed by atoms with E-state index in [-0.39, 0.29) is 5.91 Å². The van der Waals surface area contributed by atoms with Gasteiger partial charge in [-0.1, -0.05) is 6.07 Å². The van der Waals surface area contributed by atoms with Gasteiger partial charge in [-0.15, -0.1) is 0 Å². The Labute approximate surface area is 145 Å². The Morgan fingerprint density at radius 2 is 1.92 bits per heavy atom. The molecule has 0 saturated heterocycles. The third-order valence-electron chi connectivity index (χ3n) is 3.61. The Morgan fingerprint density at radius 3 is 2.64 bits per heavy atom. The molecule has 0 aliphatic heterocycles. The number of nitrogens with zero attached hydrogens (tertiary/aromatic N) is 1. The van der Waals surface area contributed by atoms with Crippen LogP contribution in [0.1, 0.15) is 17.4 Å². The van der Waals surface area contributed by atoms with Gasteiger partial charge in [0, 0.05) is 17.3 Å². The second-order valence-electron chi connectivity index (χ2n) is 5.31. The van der Waals surface area contributed by atoms with Crippen molar-refractivity contribution in [3.8, 4) is 22.8 Å². The van der Waals surface area contributed by atoms with Crippen LogP contribution in [-0.2, 0) is 0 Å². The first-order valence-electron chi connectivity index (χ1n) is 7.93. The van der Waals surface area contributed by atoms with Gasteiger partial charge in [0.25, 0.3) is 5.91 Å². The molecule has 3 aromatic rings. The molecule has 3 rings (SSSR count). The lowest BCUT2D eigenvalue weighted by molar-refractivity contribution is 0.102. The van der Waals surface area contributed by atoms with Crippen LogP contribution in [0, 0.1) is 0 Å². The van der Waals surface area contributed by atoms with Gasteiger partial charge in [0.1, 0.15) is 17.2 Å². The summed E-state index contributed by atoms with van der Waals surface area (Å²) in [6, 6.07) is 16.5. The molecule has 2 N–H and O–H groups in total. The van der Waals surface area contributed by atoms with Crippen LogP contribution >= 0.6 is 0 Å². The molecular formula is C19H19N3O3. The Hall–Kier alpha value is -3.28. The van der Waals surface area contributed by atoms with E-state index in [1.54, 1.807) is 25.3 Å². The number of carbonyl (C=O) groups is 1. The molecule has 0 spiro atoms. The first-order chi connectivity index (χ1) is 12.2. The molecule has 25 heavy (non-hydrogen) atoms. The Kier molecular flexibility index (Phi) is 4.99. The number of rotatable bonds is 6. The number of methoxy groups -OCH3 is 1. The minimum absolute atomic E-state index is 0.266. The number of aromatic nitrogens is 2. The molecule has 0 aliphatic rings. The van der Waals surface area contributed by atoms with Crippen molar-refractivity contribution in [1.29, 1.82) is 0 Å². The van der Waals surface area contributed by atoms with Crippen LogP contribution in [0.3, 0.4) is 0 Å². The van der Waals surface area contributed by atoms with Crippen LogP contribution in [0.25, 0.3) is 11.3 Å². The van der Waals surface area contributed by atoms with Gasteiger partial charge in [0.15, 0.2) is 0 Å².